The Hall–Kier alpha value is -2.29. The number of rotatable bonds is 1. The van der Waals surface area contributed by atoms with E-state index < -0.39 is 0 Å². The van der Waals surface area contributed by atoms with E-state index in [2.05, 4.69) is 50.0 Å². The number of nitrogen functional groups attached to an aromatic ring is 1. The zero-order valence-electron chi connectivity index (χ0n) is 11.4. The third-order valence-electron chi connectivity index (χ3n) is 3.52. The largest absolute Gasteiger partial charge is 0.383 e. The van der Waals surface area contributed by atoms with Crippen molar-refractivity contribution in [2.75, 3.05) is 5.73 Å². The van der Waals surface area contributed by atoms with Crippen LogP contribution in [0.2, 0.25) is 0 Å². The smallest absolute Gasteiger partial charge is 0.139 e. The van der Waals surface area contributed by atoms with E-state index in [0.717, 1.165) is 16.9 Å². The number of nitrogens with zero attached hydrogens (tertiary/aromatic N) is 2. The first-order valence-corrected chi connectivity index (χ1v) is 6.38. The van der Waals surface area contributed by atoms with Crippen LogP contribution in [0.5, 0.6) is 0 Å². The molecule has 2 N–H and O–H groups in total. The highest BCUT2D eigenvalue weighted by Gasteiger charge is 2.14. The molecule has 0 fully saturated rings. The molecule has 0 aliphatic heterocycles. The van der Waals surface area contributed by atoms with Gasteiger partial charge in [-0.15, -0.1) is 0 Å². The third-order valence-corrected chi connectivity index (χ3v) is 3.52. The lowest BCUT2D eigenvalue weighted by atomic mass is 10.0. The van der Waals surface area contributed by atoms with Crippen LogP contribution in [-0.2, 0) is 0 Å². The topological polar surface area (TPSA) is 43.3 Å². The van der Waals surface area contributed by atoms with Gasteiger partial charge in [0.25, 0.3) is 0 Å². The first kappa shape index (κ1) is 11.8. The lowest BCUT2D eigenvalue weighted by Gasteiger charge is -2.07. The van der Waals surface area contributed by atoms with Crippen LogP contribution in [0.1, 0.15) is 16.7 Å². The number of anilines is 1. The quantitative estimate of drug-likeness (QED) is 0.719. The number of pyridine rings is 1. The van der Waals surface area contributed by atoms with Crippen LogP contribution in [-0.4, -0.2) is 9.38 Å². The molecule has 0 spiro atoms. The van der Waals surface area contributed by atoms with Gasteiger partial charge in [-0.2, -0.15) is 0 Å². The van der Waals surface area contributed by atoms with Crippen LogP contribution in [0, 0.1) is 20.8 Å². The van der Waals surface area contributed by atoms with E-state index >= 15 is 0 Å². The van der Waals surface area contributed by atoms with Gasteiger partial charge in [0.1, 0.15) is 17.2 Å². The molecular formula is C16H17N3. The lowest BCUT2D eigenvalue weighted by molar-refractivity contribution is 1.16. The molecule has 1 aromatic carbocycles. The van der Waals surface area contributed by atoms with Gasteiger partial charge in [0.05, 0.1) is 0 Å². The van der Waals surface area contributed by atoms with Gasteiger partial charge < -0.3 is 5.73 Å². The number of fused-ring (bicyclic) bond motifs is 1. The molecule has 3 heteroatoms. The van der Waals surface area contributed by atoms with Crippen LogP contribution in [0.3, 0.4) is 0 Å². The molecule has 0 saturated carbocycles. The van der Waals surface area contributed by atoms with Crippen molar-refractivity contribution in [2.45, 2.75) is 20.8 Å². The fraction of sp³-hybridized carbons (Fsp3) is 0.188. The molecule has 2 heterocycles. The van der Waals surface area contributed by atoms with Crippen LogP contribution in [0.25, 0.3) is 16.9 Å². The number of hydrogen-bond acceptors (Lipinski definition) is 2. The monoisotopic (exact) mass is 251 g/mol. The van der Waals surface area contributed by atoms with Crippen molar-refractivity contribution >= 4 is 11.5 Å². The SMILES string of the molecule is Cc1ccc2nc(-c3c(C)cccc3C)c(N)n2c1. The highest BCUT2D eigenvalue weighted by molar-refractivity contribution is 5.79. The molecule has 3 nitrogen and oxygen atoms in total. The molecule has 0 bridgehead atoms. The van der Waals surface area contributed by atoms with Gasteiger partial charge >= 0.3 is 0 Å². The molecule has 0 amide bonds. The molecule has 19 heavy (non-hydrogen) atoms. The minimum absolute atomic E-state index is 0.705. The summed E-state index contributed by atoms with van der Waals surface area (Å²) in [4.78, 5) is 4.68. The van der Waals surface area contributed by atoms with E-state index in [-0.39, 0.29) is 0 Å². The van der Waals surface area contributed by atoms with Gasteiger partial charge in [-0.1, -0.05) is 24.3 Å². The maximum atomic E-state index is 6.28. The van der Waals surface area contributed by atoms with Crippen molar-refractivity contribution in [2.24, 2.45) is 0 Å². The van der Waals surface area contributed by atoms with E-state index in [0.29, 0.717) is 5.82 Å². The van der Waals surface area contributed by atoms with Crippen molar-refractivity contribution < 1.29 is 0 Å². The van der Waals surface area contributed by atoms with E-state index in [1.807, 2.05) is 16.7 Å². The number of nitrogens with two attached hydrogens (primary N) is 1. The van der Waals surface area contributed by atoms with E-state index in [4.69, 9.17) is 5.73 Å². The molecule has 3 rings (SSSR count). The molecule has 0 aliphatic rings. The van der Waals surface area contributed by atoms with Crippen LogP contribution in [0.4, 0.5) is 5.82 Å². The first-order valence-electron chi connectivity index (χ1n) is 6.38. The summed E-state index contributed by atoms with van der Waals surface area (Å²) in [6.45, 7) is 6.24. The fourth-order valence-electron chi connectivity index (χ4n) is 2.54. The van der Waals surface area contributed by atoms with Gasteiger partial charge in [-0.05, 0) is 43.5 Å². The van der Waals surface area contributed by atoms with Gasteiger partial charge in [0, 0.05) is 11.8 Å². The minimum atomic E-state index is 0.705. The molecule has 0 atom stereocenters. The van der Waals surface area contributed by atoms with E-state index in [1.165, 1.54) is 16.7 Å². The standard InChI is InChI=1S/C16H17N3/c1-10-7-8-13-18-15(16(17)19(13)9-10)14-11(2)5-4-6-12(14)3/h4-9H,17H2,1-3H3. The predicted molar refractivity (Wildman–Crippen MR) is 79.3 cm³/mol. The lowest BCUT2D eigenvalue weighted by Crippen LogP contribution is -1.96. The Kier molecular flexibility index (Phi) is 2.56. The summed E-state index contributed by atoms with van der Waals surface area (Å²) in [7, 11) is 0. The molecular weight excluding hydrogens is 234 g/mol. The fourth-order valence-corrected chi connectivity index (χ4v) is 2.54. The van der Waals surface area contributed by atoms with Crippen molar-refractivity contribution in [1.29, 1.82) is 0 Å². The Bertz CT molecular complexity index is 749. The number of benzene rings is 1. The Labute approximate surface area is 112 Å². The molecule has 2 aromatic heterocycles. The maximum Gasteiger partial charge on any atom is 0.139 e. The van der Waals surface area contributed by atoms with Gasteiger partial charge in [0.15, 0.2) is 0 Å². The normalized spacial score (nSPS) is 11.1. The van der Waals surface area contributed by atoms with Crippen molar-refractivity contribution in [1.82, 2.24) is 9.38 Å². The van der Waals surface area contributed by atoms with Crippen LogP contribution in [0.15, 0.2) is 36.5 Å². The Balaban J connectivity index is 2.35. The van der Waals surface area contributed by atoms with Gasteiger partial charge in [0.2, 0.25) is 0 Å². The number of aromatic nitrogens is 2. The third kappa shape index (κ3) is 1.78. The molecule has 0 unspecified atom stereocenters. The van der Waals surface area contributed by atoms with Gasteiger partial charge in [-0.25, -0.2) is 4.98 Å². The number of hydrogen-bond donors (Lipinski definition) is 1. The summed E-state index contributed by atoms with van der Waals surface area (Å²) in [5.74, 6) is 0.705. The van der Waals surface area contributed by atoms with Gasteiger partial charge in [-0.3, -0.25) is 4.40 Å². The Morgan fingerprint density at radius 2 is 1.68 bits per heavy atom. The molecule has 0 radical (unpaired) electrons. The summed E-state index contributed by atoms with van der Waals surface area (Å²) < 4.78 is 1.95. The second kappa shape index (κ2) is 4.12. The summed E-state index contributed by atoms with van der Waals surface area (Å²) in [5, 5.41) is 0. The average Bonchev–Trinajstić information content (AvgIpc) is 2.67. The first-order chi connectivity index (χ1) is 9.08. The van der Waals surface area contributed by atoms with Crippen molar-refractivity contribution in [3.05, 3.63) is 53.2 Å². The van der Waals surface area contributed by atoms with Crippen molar-refractivity contribution in [3.8, 4) is 11.3 Å². The van der Waals surface area contributed by atoms with E-state index in [9.17, 15) is 0 Å². The van der Waals surface area contributed by atoms with Crippen LogP contribution < -0.4 is 5.73 Å². The zero-order chi connectivity index (χ0) is 13.6. The predicted octanol–water partition coefficient (Wildman–Crippen LogP) is 3.51. The Morgan fingerprint density at radius 1 is 1.00 bits per heavy atom. The summed E-state index contributed by atoms with van der Waals surface area (Å²) in [5.41, 5.74) is 12.8. The van der Waals surface area contributed by atoms with Crippen molar-refractivity contribution in [3.63, 3.8) is 0 Å². The second-order valence-electron chi connectivity index (χ2n) is 5.05. The second-order valence-corrected chi connectivity index (χ2v) is 5.05. The summed E-state index contributed by atoms with van der Waals surface area (Å²) in [6, 6.07) is 10.3. The van der Waals surface area contributed by atoms with E-state index in [1.54, 1.807) is 0 Å². The maximum absolute atomic E-state index is 6.28. The summed E-state index contributed by atoms with van der Waals surface area (Å²) >= 11 is 0. The number of aryl methyl sites for hydroxylation is 3. The molecule has 3 aromatic rings. The molecule has 96 valence electrons. The zero-order valence-corrected chi connectivity index (χ0v) is 11.4. The Morgan fingerprint density at radius 3 is 2.37 bits per heavy atom. The minimum Gasteiger partial charge on any atom is -0.383 e. The highest BCUT2D eigenvalue weighted by Crippen LogP contribution is 2.31. The van der Waals surface area contributed by atoms with Crippen LogP contribution >= 0.6 is 0 Å². The molecule has 0 saturated heterocycles. The number of imidazole rings is 1. The highest BCUT2D eigenvalue weighted by atomic mass is 15.1. The summed E-state index contributed by atoms with van der Waals surface area (Å²) in [6.07, 6.45) is 2.02. The average molecular weight is 251 g/mol. The molecule has 0 aliphatic carbocycles.